The average Bonchev–Trinajstić information content (AvgIpc) is 2.41. The smallest absolute Gasteiger partial charge is 0.337 e. The SMILES string of the molecule is O=C(Nc1cc(Br)ccc1C(=O)O)c1cc(Cl)ccc1Br. The van der Waals surface area contributed by atoms with E-state index in [0.29, 0.717) is 19.5 Å². The van der Waals surface area contributed by atoms with Gasteiger partial charge in [-0.15, -0.1) is 0 Å². The van der Waals surface area contributed by atoms with E-state index in [9.17, 15) is 9.59 Å². The van der Waals surface area contributed by atoms with Crippen LogP contribution in [0.5, 0.6) is 0 Å². The standard InChI is InChI=1S/C14H8Br2ClNO3/c15-7-1-3-9(14(20)21)12(5-7)18-13(19)10-6-8(17)2-4-11(10)16/h1-6H,(H,18,19)(H,20,21). The summed E-state index contributed by atoms with van der Waals surface area (Å²) in [7, 11) is 0. The summed E-state index contributed by atoms with van der Waals surface area (Å²) in [6.07, 6.45) is 0. The Hall–Kier alpha value is -1.37. The van der Waals surface area contributed by atoms with Crippen molar-refractivity contribution in [2.24, 2.45) is 0 Å². The number of carboxylic acid groups (broad SMARTS) is 1. The number of rotatable bonds is 3. The van der Waals surface area contributed by atoms with Gasteiger partial charge in [-0.25, -0.2) is 4.79 Å². The molecule has 0 spiro atoms. The highest BCUT2D eigenvalue weighted by Gasteiger charge is 2.16. The number of nitrogens with one attached hydrogen (secondary N) is 1. The largest absolute Gasteiger partial charge is 0.478 e. The summed E-state index contributed by atoms with van der Waals surface area (Å²) in [6.45, 7) is 0. The molecule has 21 heavy (non-hydrogen) atoms. The van der Waals surface area contributed by atoms with Crippen LogP contribution in [0.4, 0.5) is 5.69 Å². The summed E-state index contributed by atoms with van der Waals surface area (Å²) in [6, 6.07) is 9.32. The zero-order valence-corrected chi connectivity index (χ0v) is 14.3. The number of halogens is 3. The fraction of sp³-hybridized carbons (Fsp3) is 0. The fourth-order valence-electron chi connectivity index (χ4n) is 1.67. The van der Waals surface area contributed by atoms with Crippen LogP contribution in [0.1, 0.15) is 20.7 Å². The number of carboxylic acids is 1. The molecule has 0 aromatic heterocycles. The Morgan fingerprint density at radius 2 is 1.76 bits per heavy atom. The van der Waals surface area contributed by atoms with E-state index in [1.165, 1.54) is 18.2 Å². The van der Waals surface area contributed by atoms with E-state index in [0.717, 1.165) is 0 Å². The van der Waals surface area contributed by atoms with Crippen LogP contribution in [-0.4, -0.2) is 17.0 Å². The van der Waals surface area contributed by atoms with Gasteiger partial charge < -0.3 is 10.4 Å². The molecule has 2 aromatic carbocycles. The molecule has 0 radical (unpaired) electrons. The third-order valence-electron chi connectivity index (χ3n) is 2.63. The first-order chi connectivity index (χ1) is 9.88. The molecule has 2 N–H and O–H groups in total. The van der Waals surface area contributed by atoms with Crippen molar-refractivity contribution >= 4 is 61.0 Å². The molecule has 0 saturated heterocycles. The number of anilines is 1. The fourth-order valence-corrected chi connectivity index (χ4v) is 2.63. The molecule has 2 aromatic rings. The van der Waals surface area contributed by atoms with Gasteiger partial charge in [-0.3, -0.25) is 4.79 Å². The van der Waals surface area contributed by atoms with Crippen LogP contribution < -0.4 is 5.32 Å². The Bertz CT molecular complexity index is 734. The van der Waals surface area contributed by atoms with Crippen LogP contribution in [0, 0.1) is 0 Å². The Balaban J connectivity index is 2.38. The number of benzene rings is 2. The first-order valence-electron chi connectivity index (χ1n) is 5.67. The second-order valence-corrected chi connectivity index (χ2v) is 6.28. The van der Waals surface area contributed by atoms with E-state index in [1.807, 2.05) is 0 Å². The molecule has 0 heterocycles. The third-order valence-corrected chi connectivity index (χ3v) is 4.05. The van der Waals surface area contributed by atoms with E-state index < -0.39 is 11.9 Å². The quantitative estimate of drug-likeness (QED) is 0.730. The van der Waals surface area contributed by atoms with E-state index in [1.54, 1.807) is 18.2 Å². The van der Waals surface area contributed by atoms with Crippen LogP contribution in [0.15, 0.2) is 45.3 Å². The average molecular weight is 433 g/mol. The summed E-state index contributed by atoms with van der Waals surface area (Å²) in [5.41, 5.74) is 0.525. The molecule has 0 fully saturated rings. The Morgan fingerprint density at radius 1 is 1.05 bits per heavy atom. The summed E-state index contributed by atoms with van der Waals surface area (Å²) < 4.78 is 1.23. The molecule has 0 aliphatic rings. The van der Waals surface area contributed by atoms with Gasteiger partial charge in [0.2, 0.25) is 0 Å². The molecule has 108 valence electrons. The van der Waals surface area contributed by atoms with Gasteiger partial charge >= 0.3 is 5.97 Å². The normalized spacial score (nSPS) is 10.2. The van der Waals surface area contributed by atoms with Gasteiger partial charge in [0.15, 0.2) is 0 Å². The van der Waals surface area contributed by atoms with E-state index in [-0.39, 0.29) is 11.3 Å². The van der Waals surface area contributed by atoms with Gasteiger partial charge in [0.05, 0.1) is 16.8 Å². The molecule has 0 bridgehead atoms. The summed E-state index contributed by atoms with van der Waals surface area (Å²) in [5, 5.41) is 12.1. The number of hydrogen-bond donors (Lipinski definition) is 2. The first kappa shape index (κ1) is 16.0. The minimum Gasteiger partial charge on any atom is -0.478 e. The zero-order chi connectivity index (χ0) is 15.6. The number of amides is 1. The maximum Gasteiger partial charge on any atom is 0.337 e. The molecule has 1 amide bonds. The molecule has 0 aliphatic carbocycles. The van der Waals surface area contributed by atoms with E-state index in [4.69, 9.17) is 16.7 Å². The van der Waals surface area contributed by atoms with Crippen molar-refractivity contribution in [2.75, 3.05) is 5.32 Å². The highest BCUT2D eigenvalue weighted by atomic mass is 79.9. The topological polar surface area (TPSA) is 66.4 Å². The lowest BCUT2D eigenvalue weighted by atomic mass is 10.1. The number of carbonyl (C=O) groups excluding carboxylic acids is 1. The molecule has 0 atom stereocenters. The predicted molar refractivity (Wildman–Crippen MR) is 88.2 cm³/mol. The number of carbonyl (C=O) groups is 2. The summed E-state index contributed by atoms with van der Waals surface area (Å²) >= 11 is 12.4. The van der Waals surface area contributed by atoms with E-state index >= 15 is 0 Å². The van der Waals surface area contributed by atoms with Gasteiger partial charge in [0, 0.05) is 14.0 Å². The third kappa shape index (κ3) is 3.84. The van der Waals surface area contributed by atoms with E-state index in [2.05, 4.69) is 37.2 Å². The second-order valence-electron chi connectivity index (χ2n) is 4.07. The van der Waals surface area contributed by atoms with Crippen molar-refractivity contribution in [3.63, 3.8) is 0 Å². The van der Waals surface area contributed by atoms with Crippen molar-refractivity contribution in [3.05, 3.63) is 61.5 Å². The lowest BCUT2D eigenvalue weighted by molar-refractivity contribution is 0.0698. The minimum absolute atomic E-state index is 0.00435. The molecule has 4 nitrogen and oxygen atoms in total. The monoisotopic (exact) mass is 431 g/mol. The highest BCUT2D eigenvalue weighted by molar-refractivity contribution is 9.10. The van der Waals surface area contributed by atoms with Crippen molar-refractivity contribution in [2.45, 2.75) is 0 Å². The number of aromatic carboxylic acids is 1. The van der Waals surface area contributed by atoms with Crippen molar-refractivity contribution < 1.29 is 14.7 Å². The summed E-state index contributed by atoms with van der Waals surface area (Å²) in [4.78, 5) is 23.4. The maximum atomic E-state index is 12.3. The first-order valence-corrected chi connectivity index (χ1v) is 7.64. The molecular formula is C14H8Br2ClNO3. The molecule has 7 heteroatoms. The van der Waals surface area contributed by atoms with Crippen molar-refractivity contribution in [1.82, 2.24) is 0 Å². The predicted octanol–water partition coefficient (Wildman–Crippen LogP) is 4.82. The van der Waals surface area contributed by atoms with Gasteiger partial charge in [-0.1, -0.05) is 27.5 Å². The van der Waals surface area contributed by atoms with Crippen LogP contribution in [0.3, 0.4) is 0 Å². The summed E-state index contributed by atoms with van der Waals surface area (Å²) in [5.74, 6) is -1.58. The van der Waals surface area contributed by atoms with Gasteiger partial charge in [0.1, 0.15) is 0 Å². The second kappa shape index (κ2) is 6.60. The Kier molecular flexibility index (Phi) is 5.03. The molecule has 0 unspecified atom stereocenters. The highest BCUT2D eigenvalue weighted by Crippen LogP contribution is 2.25. The van der Waals surface area contributed by atoms with Crippen LogP contribution in [0.2, 0.25) is 5.02 Å². The lowest BCUT2D eigenvalue weighted by Crippen LogP contribution is -2.15. The van der Waals surface area contributed by atoms with Crippen molar-refractivity contribution in [3.8, 4) is 0 Å². The Morgan fingerprint density at radius 3 is 2.43 bits per heavy atom. The van der Waals surface area contributed by atoms with Crippen LogP contribution >= 0.6 is 43.5 Å². The maximum absolute atomic E-state index is 12.3. The molecule has 0 saturated carbocycles. The molecule has 0 aliphatic heterocycles. The van der Waals surface area contributed by atoms with Gasteiger partial charge in [-0.2, -0.15) is 0 Å². The zero-order valence-electron chi connectivity index (χ0n) is 10.4. The van der Waals surface area contributed by atoms with Gasteiger partial charge in [-0.05, 0) is 52.3 Å². The molecular weight excluding hydrogens is 425 g/mol. The Labute approximate surface area is 142 Å². The minimum atomic E-state index is -1.12. The lowest BCUT2D eigenvalue weighted by Gasteiger charge is -2.10. The number of hydrogen-bond acceptors (Lipinski definition) is 2. The van der Waals surface area contributed by atoms with Crippen LogP contribution in [0.25, 0.3) is 0 Å². The van der Waals surface area contributed by atoms with Crippen molar-refractivity contribution in [1.29, 1.82) is 0 Å². The van der Waals surface area contributed by atoms with Crippen LogP contribution in [-0.2, 0) is 0 Å². The molecule has 2 rings (SSSR count). The van der Waals surface area contributed by atoms with Gasteiger partial charge in [0.25, 0.3) is 5.91 Å².